The van der Waals surface area contributed by atoms with Gasteiger partial charge in [-0.1, -0.05) is 66.7 Å². The van der Waals surface area contributed by atoms with Crippen molar-refractivity contribution in [2.45, 2.75) is 38.1 Å². The average Bonchev–Trinajstić information content (AvgIpc) is 3.13. The van der Waals surface area contributed by atoms with Gasteiger partial charge in [0.2, 0.25) is 0 Å². The topological polar surface area (TPSA) is 107 Å². The molecule has 11 nitrogen and oxygen atoms in total. The summed E-state index contributed by atoms with van der Waals surface area (Å²) < 4.78 is 17.9. The highest BCUT2D eigenvalue weighted by Crippen LogP contribution is 2.35. The Bertz CT molecular complexity index is 1780. The number of carbonyl (C=O) groups is 1. The van der Waals surface area contributed by atoms with E-state index in [9.17, 15) is 10.1 Å². The standard InChI is InChI=1S/C37H41N7O4/c1-41-20-21-46-30(23-41)26-47-36-39-33-24-42(34-13-7-11-28-10-5-6-12-31(28)34)17-15-32(33)35(40-36)43-18-19-44(29(22-43)14-16-38)37(45)48-25-27-8-3-2-4-9-27/h2-13,29-30H,14-15,17-26H2,1H3/t29-,30+/m0/s1. The van der Waals surface area contributed by atoms with Crippen molar-refractivity contribution in [3.05, 3.63) is 89.6 Å². The van der Waals surface area contributed by atoms with Crippen LogP contribution in [0.2, 0.25) is 0 Å². The lowest BCUT2D eigenvalue weighted by Gasteiger charge is -2.42. The van der Waals surface area contributed by atoms with Crippen molar-refractivity contribution in [1.29, 1.82) is 5.26 Å². The van der Waals surface area contributed by atoms with Crippen molar-refractivity contribution >= 4 is 28.4 Å². The summed E-state index contributed by atoms with van der Waals surface area (Å²) in [6, 6.07) is 26.8. The van der Waals surface area contributed by atoms with Crippen LogP contribution in [-0.4, -0.2) is 97.5 Å². The van der Waals surface area contributed by atoms with E-state index in [0.29, 0.717) is 45.4 Å². The first kappa shape index (κ1) is 31.7. The smallest absolute Gasteiger partial charge is 0.410 e. The van der Waals surface area contributed by atoms with Gasteiger partial charge >= 0.3 is 12.1 Å². The van der Waals surface area contributed by atoms with E-state index in [4.69, 9.17) is 24.2 Å². The van der Waals surface area contributed by atoms with Gasteiger partial charge in [0, 0.05) is 55.9 Å². The van der Waals surface area contributed by atoms with E-state index in [-0.39, 0.29) is 25.2 Å². The van der Waals surface area contributed by atoms with Crippen LogP contribution in [0.15, 0.2) is 72.8 Å². The summed E-state index contributed by atoms with van der Waals surface area (Å²) in [6.45, 7) is 5.74. The Balaban J connectivity index is 1.14. The van der Waals surface area contributed by atoms with Gasteiger partial charge in [-0.3, -0.25) is 0 Å². The fraction of sp³-hybridized carbons (Fsp3) is 0.405. The first-order valence-corrected chi connectivity index (χ1v) is 16.7. The molecule has 248 valence electrons. The van der Waals surface area contributed by atoms with Crippen molar-refractivity contribution in [2.75, 3.05) is 69.3 Å². The second kappa shape index (κ2) is 14.5. The molecule has 2 atom stereocenters. The van der Waals surface area contributed by atoms with Gasteiger partial charge in [0.15, 0.2) is 0 Å². The van der Waals surface area contributed by atoms with Crippen LogP contribution < -0.4 is 14.5 Å². The monoisotopic (exact) mass is 647 g/mol. The largest absolute Gasteiger partial charge is 0.461 e. The quantitative estimate of drug-likeness (QED) is 0.269. The minimum atomic E-state index is -0.407. The number of hydrogen-bond acceptors (Lipinski definition) is 10. The zero-order valence-corrected chi connectivity index (χ0v) is 27.3. The van der Waals surface area contributed by atoms with E-state index in [1.165, 1.54) is 16.5 Å². The number of nitriles is 1. The molecule has 1 aromatic heterocycles. The van der Waals surface area contributed by atoms with Gasteiger partial charge in [0.1, 0.15) is 25.1 Å². The summed E-state index contributed by atoms with van der Waals surface area (Å²) in [7, 11) is 2.08. The lowest BCUT2D eigenvalue weighted by molar-refractivity contribution is -0.0417. The number of anilines is 2. The third kappa shape index (κ3) is 7.00. The third-order valence-corrected chi connectivity index (χ3v) is 9.42. The maximum Gasteiger partial charge on any atom is 0.410 e. The Morgan fingerprint density at radius 2 is 1.79 bits per heavy atom. The Hall–Kier alpha value is -4.92. The Morgan fingerprint density at radius 3 is 2.65 bits per heavy atom. The summed E-state index contributed by atoms with van der Waals surface area (Å²) >= 11 is 0. The highest BCUT2D eigenvalue weighted by Gasteiger charge is 2.35. The number of fused-ring (bicyclic) bond motifs is 2. The molecule has 3 aliphatic rings. The molecule has 7 rings (SSSR count). The second-order valence-electron chi connectivity index (χ2n) is 12.7. The predicted octanol–water partition coefficient (Wildman–Crippen LogP) is 4.64. The SMILES string of the molecule is CN1CCO[C@@H](COc2nc3c(c(N4CCN(C(=O)OCc5ccccc5)[C@@H](CC#N)C4)n2)CCN(c2cccc4ccccc24)C3)C1. The van der Waals surface area contributed by atoms with E-state index in [1.54, 1.807) is 4.90 Å². The van der Waals surface area contributed by atoms with Gasteiger partial charge in [-0.15, -0.1) is 0 Å². The summed E-state index contributed by atoms with van der Waals surface area (Å²) in [5.41, 5.74) is 4.11. The molecule has 0 bridgehead atoms. The molecule has 4 aromatic rings. The van der Waals surface area contributed by atoms with Gasteiger partial charge in [0.05, 0.1) is 37.4 Å². The number of ether oxygens (including phenoxy) is 3. The van der Waals surface area contributed by atoms with E-state index >= 15 is 0 Å². The van der Waals surface area contributed by atoms with Crippen molar-refractivity contribution in [2.24, 2.45) is 0 Å². The van der Waals surface area contributed by atoms with Crippen LogP contribution in [0.1, 0.15) is 23.2 Å². The molecule has 2 saturated heterocycles. The Labute approximate surface area is 281 Å². The molecule has 3 aromatic carbocycles. The van der Waals surface area contributed by atoms with Crippen molar-refractivity contribution < 1.29 is 19.0 Å². The number of nitrogens with zero attached hydrogens (tertiary/aromatic N) is 7. The number of rotatable bonds is 8. The number of morpholine rings is 1. The van der Waals surface area contributed by atoms with Crippen LogP contribution in [-0.2, 0) is 29.0 Å². The molecular weight excluding hydrogens is 606 g/mol. The molecule has 0 N–H and O–H groups in total. The molecular formula is C37H41N7O4. The van der Waals surface area contributed by atoms with Gasteiger partial charge in [-0.05, 0) is 30.5 Å². The van der Waals surface area contributed by atoms with Crippen LogP contribution in [0, 0.1) is 11.3 Å². The van der Waals surface area contributed by atoms with Crippen LogP contribution in [0.3, 0.4) is 0 Å². The second-order valence-corrected chi connectivity index (χ2v) is 12.7. The molecule has 0 aliphatic carbocycles. The summed E-state index contributed by atoms with van der Waals surface area (Å²) in [5.74, 6) is 0.814. The van der Waals surface area contributed by atoms with Gasteiger partial charge < -0.3 is 33.8 Å². The number of amides is 1. The molecule has 0 saturated carbocycles. The number of carbonyl (C=O) groups excluding carboxylic acids is 1. The molecule has 0 radical (unpaired) electrons. The fourth-order valence-corrected chi connectivity index (χ4v) is 6.91. The van der Waals surface area contributed by atoms with Crippen molar-refractivity contribution in [1.82, 2.24) is 19.8 Å². The highest BCUT2D eigenvalue weighted by atomic mass is 16.6. The predicted molar refractivity (Wildman–Crippen MR) is 183 cm³/mol. The first-order valence-electron chi connectivity index (χ1n) is 16.7. The zero-order valence-electron chi connectivity index (χ0n) is 27.3. The van der Waals surface area contributed by atoms with Crippen LogP contribution in [0.5, 0.6) is 6.01 Å². The number of piperazine rings is 1. The summed E-state index contributed by atoms with van der Waals surface area (Å²) in [4.78, 5) is 31.7. The zero-order chi connectivity index (χ0) is 32.9. The minimum absolute atomic E-state index is 0.0653. The molecule has 48 heavy (non-hydrogen) atoms. The molecule has 11 heteroatoms. The van der Waals surface area contributed by atoms with E-state index < -0.39 is 6.09 Å². The fourth-order valence-electron chi connectivity index (χ4n) is 6.91. The van der Waals surface area contributed by atoms with Crippen LogP contribution >= 0.6 is 0 Å². The number of benzene rings is 3. The molecule has 4 heterocycles. The van der Waals surface area contributed by atoms with Gasteiger partial charge in [-0.25, -0.2) is 4.79 Å². The molecule has 1 amide bonds. The normalized spacial score (nSPS) is 19.9. The molecule has 2 fully saturated rings. The van der Waals surface area contributed by atoms with E-state index in [1.807, 2.05) is 30.3 Å². The maximum absolute atomic E-state index is 13.2. The highest BCUT2D eigenvalue weighted by molar-refractivity contribution is 5.94. The minimum Gasteiger partial charge on any atom is -0.461 e. The molecule has 0 unspecified atom stereocenters. The lowest BCUT2D eigenvalue weighted by Crippen LogP contribution is -2.55. The van der Waals surface area contributed by atoms with Crippen molar-refractivity contribution in [3.8, 4) is 12.1 Å². The number of hydrogen-bond donors (Lipinski definition) is 0. The average molecular weight is 648 g/mol. The van der Waals surface area contributed by atoms with Crippen LogP contribution in [0.25, 0.3) is 10.8 Å². The first-order chi connectivity index (χ1) is 23.6. The van der Waals surface area contributed by atoms with Crippen LogP contribution in [0.4, 0.5) is 16.3 Å². The Kier molecular flexibility index (Phi) is 9.54. The summed E-state index contributed by atoms with van der Waals surface area (Å²) in [6.07, 6.45) is 0.474. The molecule has 0 spiro atoms. The lowest BCUT2D eigenvalue weighted by atomic mass is 10.0. The molecule has 3 aliphatic heterocycles. The van der Waals surface area contributed by atoms with Gasteiger partial charge in [0.25, 0.3) is 0 Å². The van der Waals surface area contributed by atoms with Crippen molar-refractivity contribution in [3.63, 3.8) is 0 Å². The maximum atomic E-state index is 13.2. The summed E-state index contributed by atoms with van der Waals surface area (Å²) in [5, 5.41) is 12.1. The number of likely N-dealkylation sites (N-methyl/N-ethyl adjacent to an activating group) is 1. The third-order valence-electron chi connectivity index (χ3n) is 9.42. The van der Waals surface area contributed by atoms with E-state index in [0.717, 1.165) is 48.7 Å². The van der Waals surface area contributed by atoms with Gasteiger partial charge in [-0.2, -0.15) is 15.2 Å². The number of aromatic nitrogens is 2. The Morgan fingerprint density at radius 1 is 0.958 bits per heavy atom. The van der Waals surface area contributed by atoms with E-state index in [2.05, 4.69) is 70.3 Å².